The third-order valence-corrected chi connectivity index (χ3v) is 6.37. The van der Waals surface area contributed by atoms with E-state index in [0.29, 0.717) is 29.8 Å². The molecule has 1 aliphatic carbocycles. The molecule has 0 saturated carbocycles. The van der Waals surface area contributed by atoms with Gasteiger partial charge >= 0.3 is 0 Å². The summed E-state index contributed by atoms with van der Waals surface area (Å²) >= 11 is 0. The fraction of sp³-hybridized carbons (Fsp3) is 0.308. The van der Waals surface area contributed by atoms with E-state index in [2.05, 4.69) is 10.6 Å². The number of fused-ring (bicyclic) bond motifs is 1. The lowest BCUT2D eigenvalue weighted by Gasteiger charge is -2.23. The highest BCUT2D eigenvalue weighted by Crippen LogP contribution is 2.38. The lowest BCUT2D eigenvalue weighted by Crippen LogP contribution is -2.46. The van der Waals surface area contributed by atoms with E-state index in [1.807, 2.05) is 18.2 Å². The smallest absolute Gasteiger partial charge is 0.255 e. The van der Waals surface area contributed by atoms with Gasteiger partial charge in [0.15, 0.2) is 0 Å². The normalized spacial score (nSPS) is 19.7. The molecular formula is C26H27N3O6. The third kappa shape index (κ3) is 4.62. The SMILES string of the molecule is COc1cc(NC(=O)[C@H](C)N2C(=O)[C@H]3CC=CC[C@H]3C2=O)c(OC)cc1NC(=O)c1ccccc1. The van der Waals surface area contributed by atoms with E-state index in [1.54, 1.807) is 24.3 Å². The van der Waals surface area contributed by atoms with Crippen LogP contribution in [0.1, 0.15) is 30.1 Å². The predicted octanol–water partition coefficient (Wildman–Crippen LogP) is 3.23. The molecule has 0 unspecified atom stereocenters. The van der Waals surface area contributed by atoms with Crippen LogP contribution in [0, 0.1) is 11.8 Å². The van der Waals surface area contributed by atoms with Gasteiger partial charge in [0.25, 0.3) is 5.91 Å². The highest BCUT2D eigenvalue weighted by Gasteiger charge is 2.50. The largest absolute Gasteiger partial charge is 0.494 e. The number of nitrogens with one attached hydrogen (secondary N) is 2. The Labute approximate surface area is 203 Å². The van der Waals surface area contributed by atoms with Crippen molar-refractivity contribution in [3.8, 4) is 11.5 Å². The quantitative estimate of drug-likeness (QED) is 0.468. The minimum atomic E-state index is -1.01. The molecule has 0 radical (unpaired) electrons. The first-order chi connectivity index (χ1) is 16.8. The molecule has 1 saturated heterocycles. The molecule has 0 aromatic heterocycles. The van der Waals surface area contributed by atoms with E-state index in [-0.39, 0.29) is 29.2 Å². The number of rotatable bonds is 7. The van der Waals surface area contributed by atoms with Crippen molar-refractivity contribution in [3.63, 3.8) is 0 Å². The molecule has 0 bridgehead atoms. The van der Waals surface area contributed by atoms with Crippen molar-refractivity contribution in [1.82, 2.24) is 4.90 Å². The molecule has 182 valence electrons. The highest BCUT2D eigenvalue weighted by molar-refractivity contribution is 6.10. The number of benzene rings is 2. The Morgan fingerprint density at radius 2 is 1.40 bits per heavy atom. The number of amides is 4. The van der Waals surface area contributed by atoms with Gasteiger partial charge in [0.2, 0.25) is 17.7 Å². The molecule has 1 aliphatic heterocycles. The van der Waals surface area contributed by atoms with E-state index in [9.17, 15) is 19.2 Å². The first kappa shape index (κ1) is 24.0. The molecule has 0 spiro atoms. The molecule has 2 aliphatic rings. The minimum absolute atomic E-state index is 0.270. The summed E-state index contributed by atoms with van der Waals surface area (Å²) in [6, 6.07) is 10.7. The summed E-state index contributed by atoms with van der Waals surface area (Å²) in [5.41, 5.74) is 1.10. The van der Waals surface area contributed by atoms with Gasteiger partial charge in [-0.2, -0.15) is 0 Å². The number of carbonyl (C=O) groups is 4. The zero-order chi connectivity index (χ0) is 25.1. The van der Waals surface area contributed by atoms with Crippen LogP contribution in [0.25, 0.3) is 0 Å². The third-order valence-electron chi connectivity index (χ3n) is 6.37. The minimum Gasteiger partial charge on any atom is -0.494 e. The Balaban J connectivity index is 1.53. The van der Waals surface area contributed by atoms with E-state index in [1.165, 1.54) is 33.3 Å². The van der Waals surface area contributed by atoms with Crippen molar-refractivity contribution >= 4 is 35.0 Å². The lowest BCUT2D eigenvalue weighted by molar-refractivity contribution is -0.146. The molecule has 4 rings (SSSR count). The second-order valence-electron chi connectivity index (χ2n) is 8.44. The summed E-state index contributed by atoms with van der Waals surface area (Å²) < 4.78 is 10.8. The number of nitrogens with zero attached hydrogens (tertiary/aromatic N) is 1. The monoisotopic (exact) mass is 477 g/mol. The first-order valence-electron chi connectivity index (χ1n) is 11.3. The van der Waals surface area contributed by atoms with Crippen LogP contribution in [-0.2, 0) is 14.4 Å². The van der Waals surface area contributed by atoms with Crippen LogP contribution in [0.2, 0.25) is 0 Å². The average molecular weight is 478 g/mol. The number of methoxy groups -OCH3 is 2. The summed E-state index contributed by atoms with van der Waals surface area (Å²) in [7, 11) is 2.86. The van der Waals surface area contributed by atoms with Crippen LogP contribution in [-0.4, -0.2) is 48.8 Å². The summed E-state index contributed by atoms with van der Waals surface area (Å²) in [5.74, 6) is -1.78. The van der Waals surface area contributed by atoms with E-state index < -0.39 is 23.8 Å². The van der Waals surface area contributed by atoms with Crippen LogP contribution in [0.5, 0.6) is 11.5 Å². The van der Waals surface area contributed by atoms with Crippen molar-refractivity contribution in [2.75, 3.05) is 24.9 Å². The van der Waals surface area contributed by atoms with Crippen molar-refractivity contribution < 1.29 is 28.7 Å². The molecular weight excluding hydrogens is 450 g/mol. The zero-order valence-corrected chi connectivity index (χ0v) is 19.7. The average Bonchev–Trinajstić information content (AvgIpc) is 3.14. The molecule has 1 heterocycles. The summed E-state index contributed by atoms with van der Waals surface area (Å²) in [5, 5.41) is 5.51. The lowest BCUT2D eigenvalue weighted by atomic mass is 9.85. The maximum Gasteiger partial charge on any atom is 0.255 e. The summed E-state index contributed by atoms with van der Waals surface area (Å²) in [6.45, 7) is 1.52. The van der Waals surface area contributed by atoms with E-state index in [4.69, 9.17) is 9.47 Å². The van der Waals surface area contributed by atoms with Gasteiger partial charge in [0, 0.05) is 17.7 Å². The number of imide groups is 1. The van der Waals surface area contributed by atoms with Gasteiger partial charge < -0.3 is 20.1 Å². The second-order valence-corrected chi connectivity index (χ2v) is 8.44. The molecule has 9 heteroatoms. The second kappa shape index (κ2) is 10.0. The Morgan fingerprint density at radius 3 is 1.91 bits per heavy atom. The van der Waals surface area contributed by atoms with Crippen molar-refractivity contribution in [2.45, 2.75) is 25.8 Å². The number of ether oxygens (including phenoxy) is 2. The molecule has 2 N–H and O–H groups in total. The standard InChI is InChI=1S/C26H27N3O6/c1-15(29-25(32)17-11-7-8-12-18(17)26(29)33)23(30)27-19-13-22(35-3)20(14-21(19)34-2)28-24(31)16-9-5-4-6-10-16/h4-10,13-15,17-18H,11-12H2,1-3H3,(H,27,30)(H,28,31)/t15-,17-,18+/m0/s1. The molecule has 4 amide bonds. The van der Waals surface area contributed by atoms with Gasteiger partial charge in [0.1, 0.15) is 17.5 Å². The van der Waals surface area contributed by atoms with Gasteiger partial charge in [-0.05, 0) is 31.9 Å². The zero-order valence-electron chi connectivity index (χ0n) is 19.7. The van der Waals surface area contributed by atoms with Crippen LogP contribution in [0.15, 0.2) is 54.6 Å². The van der Waals surface area contributed by atoms with E-state index in [0.717, 1.165) is 4.90 Å². The molecule has 35 heavy (non-hydrogen) atoms. The van der Waals surface area contributed by atoms with Gasteiger partial charge in [0.05, 0.1) is 37.4 Å². The van der Waals surface area contributed by atoms with Crippen molar-refractivity contribution in [3.05, 3.63) is 60.2 Å². The maximum atomic E-state index is 13.1. The summed E-state index contributed by atoms with van der Waals surface area (Å²) in [4.78, 5) is 52.4. The van der Waals surface area contributed by atoms with Crippen LogP contribution < -0.4 is 20.1 Å². The number of hydrogen-bond acceptors (Lipinski definition) is 6. The maximum absolute atomic E-state index is 13.1. The molecule has 1 fully saturated rings. The Morgan fingerprint density at radius 1 is 0.886 bits per heavy atom. The Bertz CT molecular complexity index is 1170. The van der Waals surface area contributed by atoms with Crippen molar-refractivity contribution in [2.24, 2.45) is 11.8 Å². The van der Waals surface area contributed by atoms with Gasteiger partial charge in [-0.25, -0.2) is 0 Å². The number of anilines is 2. The number of hydrogen-bond donors (Lipinski definition) is 2. The van der Waals surface area contributed by atoms with Crippen LogP contribution in [0.4, 0.5) is 11.4 Å². The molecule has 9 nitrogen and oxygen atoms in total. The van der Waals surface area contributed by atoms with Gasteiger partial charge in [-0.1, -0.05) is 30.4 Å². The van der Waals surface area contributed by atoms with Crippen molar-refractivity contribution in [1.29, 1.82) is 0 Å². The fourth-order valence-electron chi connectivity index (χ4n) is 4.44. The number of likely N-dealkylation sites (tertiary alicyclic amines) is 1. The van der Waals surface area contributed by atoms with Crippen LogP contribution in [0.3, 0.4) is 0 Å². The Hall–Kier alpha value is -4.14. The Kier molecular flexibility index (Phi) is 6.86. The predicted molar refractivity (Wildman–Crippen MR) is 129 cm³/mol. The number of carbonyl (C=O) groups excluding carboxylic acids is 4. The first-order valence-corrected chi connectivity index (χ1v) is 11.3. The van der Waals surface area contributed by atoms with Crippen LogP contribution >= 0.6 is 0 Å². The summed E-state index contributed by atoms with van der Waals surface area (Å²) in [6.07, 6.45) is 4.80. The number of allylic oxidation sites excluding steroid dienone is 2. The fourth-order valence-corrected chi connectivity index (χ4v) is 4.44. The molecule has 2 aromatic rings. The highest BCUT2D eigenvalue weighted by atomic mass is 16.5. The van der Waals surface area contributed by atoms with E-state index >= 15 is 0 Å². The van der Waals surface area contributed by atoms with Gasteiger partial charge in [-0.3, -0.25) is 24.1 Å². The molecule has 2 aromatic carbocycles. The van der Waals surface area contributed by atoms with Gasteiger partial charge in [-0.15, -0.1) is 0 Å². The topological polar surface area (TPSA) is 114 Å². The molecule has 3 atom stereocenters.